The Labute approximate surface area is 151 Å². The van der Waals surface area contributed by atoms with Crippen LogP contribution in [0.3, 0.4) is 0 Å². The second-order valence-electron chi connectivity index (χ2n) is 5.91. The van der Waals surface area contributed by atoms with Crippen molar-refractivity contribution in [2.45, 2.75) is 13.3 Å². The number of nitrogens with zero attached hydrogens (tertiary/aromatic N) is 2. The number of aryl methyl sites for hydroxylation is 1. The van der Waals surface area contributed by atoms with Gasteiger partial charge in [-0.15, -0.1) is 0 Å². The first-order chi connectivity index (χ1) is 12.6. The Morgan fingerprint density at radius 1 is 1.00 bits per heavy atom. The molecule has 1 aromatic heterocycles. The number of hydrogen-bond acceptors (Lipinski definition) is 4. The highest BCUT2D eigenvalue weighted by molar-refractivity contribution is 5.92. The molecule has 0 aliphatic heterocycles. The fourth-order valence-corrected chi connectivity index (χ4v) is 2.36. The molecule has 0 aliphatic rings. The highest BCUT2D eigenvalue weighted by Gasteiger charge is 2.07. The zero-order chi connectivity index (χ0) is 18.4. The molecule has 6 heteroatoms. The lowest BCUT2D eigenvalue weighted by Crippen LogP contribution is -2.26. The molecule has 132 valence electrons. The molecule has 0 saturated heterocycles. The topological polar surface area (TPSA) is 66.9 Å². The van der Waals surface area contributed by atoms with Crippen LogP contribution >= 0.6 is 0 Å². The predicted octanol–water partition coefficient (Wildman–Crippen LogP) is 3.64. The van der Waals surface area contributed by atoms with Gasteiger partial charge >= 0.3 is 0 Å². The Bertz CT molecular complexity index is 862. The van der Waals surface area contributed by atoms with Gasteiger partial charge in [-0.1, -0.05) is 29.8 Å². The lowest BCUT2D eigenvalue weighted by atomic mass is 10.1. The van der Waals surface area contributed by atoms with Gasteiger partial charge in [0.25, 0.3) is 5.91 Å². The van der Waals surface area contributed by atoms with Crippen molar-refractivity contribution in [2.75, 3.05) is 11.9 Å². The summed E-state index contributed by atoms with van der Waals surface area (Å²) in [5.74, 6) is 0.00519. The van der Waals surface area contributed by atoms with Crippen molar-refractivity contribution in [3.8, 4) is 0 Å². The van der Waals surface area contributed by atoms with E-state index in [-0.39, 0.29) is 17.4 Å². The SMILES string of the molecule is Cc1ccc(Nc2cnc(C(=O)NCCc3ccc(F)cc3)cn2)cc1. The van der Waals surface area contributed by atoms with E-state index in [2.05, 4.69) is 20.6 Å². The zero-order valence-corrected chi connectivity index (χ0v) is 14.4. The average molecular weight is 350 g/mol. The molecule has 2 aromatic carbocycles. The quantitative estimate of drug-likeness (QED) is 0.712. The summed E-state index contributed by atoms with van der Waals surface area (Å²) in [7, 11) is 0. The van der Waals surface area contributed by atoms with Crippen LogP contribution in [0.5, 0.6) is 0 Å². The molecule has 0 spiro atoms. The summed E-state index contributed by atoms with van der Waals surface area (Å²) in [6.07, 6.45) is 3.57. The monoisotopic (exact) mass is 350 g/mol. The van der Waals surface area contributed by atoms with Gasteiger partial charge in [0.15, 0.2) is 0 Å². The highest BCUT2D eigenvalue weighted by atomic mass is 19.1. The van der Waals surface area contributed by atoms with E-state index in [1.54, 1.807) is 12.1 Å². The van der Waals surface area contributed by atoms with Crippen LogP contribution in [0.2, 0.25) is 0 Å². The van der Waals surface area contributed by atoms with Gasteiger partial charge in [-0.25, -0.2) is 14.4 Å². The number of anilines is 2. The number of rotatable bonds is 6. The maximum Gasteiger partial charge on any atom is 0.271 e. The Hall–Kier alpha value is -3.28. The minimum atomic E-state index is -0.290. The van der Waals surface area contributed by atoms with E-state index in [1.807, 2.05) is 31.2 Å². The van der Waals surface area contributed by atoms with Crippen LogP contribution in [0, 0.1) is 12.7 Å². The van der Waals surface area contributed by atoms with Crippen LogP contribution in [-0.2, 0) is 6.42 Å². The molecule has 2 N–H and O–H groups in total. The fraction of sp³-hybridized carbons (Fsp3) is 0.150. The molecule has 0 radical (unpaired) electrons. The number of nitrogens with one attached hydrogen (secondary N) is 2. The molecule has 0 aliphatic carbocycles. The summed E-state index contributed by atoms with van der Waals surface area (Å²) < 4.78 is 12.9. The maximum atomic E-state index is 12.9. The number of carbonyl (C=O) groups is 1. The summed E-state index contributed by atoms with van der Waals surface area (Å²) in [6.45, 7) is 2.46. The standard InChI is InChI=1S/C20H19FN4O/c1-14-2-8-17(9-3-14)25-19-13-23-18(12-24-19)20(26)22-11-10-15-4-6-16(21)7-5-15/h2-9,12-13H,10-11H2,1H3,(H,22,26)(H,24,25). The number of amides is 1. The van der Waals surface area contributed by atoms with Crippen molar-refractivity contribution in [3.05, 3.63) is 83.6 Å². The molecule has 3 aromatic rings. The number of hydrogen-bond donors (Lipinski definition) is 2. The molecule has 0 saturated carbocycles. The summed E-state index contributed by atoms with van der Waals surface area (Å²) in [4.78, 5) is 20.5. The second kappa shape index (κ2) is 8.20. The first-order valence-electron chi connectivity index (χ1n) is 8.28. The van der Waals surface area contributed by atoms with Crippen molar-refractivity contribution in [1.29, 1.82) is 0 Å². The van der Waals surface area contributed by atoms with E-state index < -0.39 is 0 Å². The Balaban J connectivity index is 1.51. The van der Waals surface area contributed by atoms with Gasteiger partial charge in [0.2, 0.25) is 0 Å². The molecular weight excluding hydrogens is 331 g/mol. The average Bonchev–Trinajstić information content (AvgIpc) is 2.66. The number of halogens is 1. The van der Waals surface area contributed by atoms with Crippen LogP contribution in [0.4, 0.5) is 15.9 Å². The van der Waals surface area contributed by atoms with Crippen molar-refractivity contribution in [2.24, 2.45) is 0 Å². The molecule has 1 heterocycles. The zero-order valence-electron chi connectivity index (χ0n) is 14.4. The number of aromatic nitrogens is 2. The second-order valence-corrected chi connectivity index (χ2v) is 5.91. The molecule has 26 heavy (non-hydrogen) atoms. The molecule has 0 fully saturated rings. The van der Waals surface area contributed by atoms with Gasteiger partial charge < -0.3 is 10.6 Å². The van der Waals surface area contributed by atoms with Crippen LogP contribution in [0.15, 0.2) is 60.9 Å². The first-order valence-corrected chi connectivity index (χ1v) is 8.28. The lowest BCUT2D eigenvalue weighted by Gasteiger charge is -2.07. The number of carbonyl (C=O) groups excluding carboxylic acids is 1. The molecule has 0 atom stereocenters. The van der Waals surface area contributed by atoms with E-state index in [0.29, 0.717) is 18.8 Å². The first kappa shape index (κ1) is 17.5. The summed E-state index contributed by atoms with van der Waals surface area (Å²) in [5.41, 5.74) is 3.28. The van der Waals surface area contributed by atoms with E-state index in [9.17, 15) is 9.18 Å². The smallest absolute Gasteiger partial charge is 0.271 e. The minimum absolute atomic E-state index is 0.249. The van der Waals surface area contributed by atoms with Crippen molar-refractivity contribution >= 4 is 17.4 Å². The van der Waals surface area contributed by atoms with Gasteiger partial charge in [-0.2, -0.15) is 0 Å². The normalized spacial score (nSPS) is 10.4. The Morgan fingerprint density at radius 2 is 1.73 bits per heavy atom. The van der Waals surface area contributed by atoms with Gasteiger partial charge in [0.05, 0.1) is 12.4 Å². The molecular formula is C20H19FN4O. The third kappa shape index (κ3) is 4.86. The van der Waals surface area contributed by atoms with Crippen molar-refractivity contribution in [1.82, 2.24) is 15.3 Å². The molecule has 3 rings (SSSR count). The number of benzene rings is 2. The lowest BCUT2D eigenvalue weighted by molar-refractivity contribution is 0.0949. The largest absolute Gasteiger partial charge is 0.350 e. The Kier molecular flexibility index (Phi) is 5.53. The third-order valence-electron chi connectivity index (χ3n) is 3.82. The van der Waals surface area contributed by atoms with Gasteiger partial charge in [-0.3, -0.25) is 4.79 Å². The van der Waals surface area contributed by atoms with E-state index in [0.717, 1.165) is 11.3 Å². The summed E-state index contributed by atoms with van der Waals surface area (Å²) in [6, 6.07) is 14.1. The van der Waals surface area contributed by atoms with Gasteiger partial charge in [0.1, 0.15) is 17.3 Å². The van der Waals surface area contributed by atoms with Crippen LogP contribution in [-0.4, -0.2) is 22.4 Å². The van der Waals surface area contributed by atoms with E-state index in [1.165, 1.54) is 30.1 Å². The van der Waals surface area contributed by atoms with Crippen LogP contribution in [0.25, 0.3) is 0 Å². The van der Waals surface area contributed by atoms with Gasteiger partial charge in [0, 0.05) is 12.2 Å². The Morgan fingerprint density at radius 3 is 2.38 bits per heavy atom. The predicted molar refractivity (Wildman–Crippen MR) is 98.9 cm³/mol. The minimum Gasteiger partial charge on any atom is -0.350 e. The van der Waals surface area contributed by atoms with Crippen molar-refractivity contribution < 1.29 is 9.18 Å². The third-order valence-corrected chi connectivity index (χ3v) is 3.82. The molecule has 1 amide bonds. The molecule has 5 nitrogen and oxygen atoms in total. The highest BCUT2D eigenvalue weighted by Crippen LogP contribution is 2.14. The van der Waals surface area contributed by atoms with Gasteiger partial charge in [-0.05, 0) is 43.2 Å². The van der Waals surface area contributed by atoms with E-state index in [4.69, 9.17) is 0 Å². The van der Waals surface area contributed by atoms with Crippen LogP contribution in [0.1, 0.15) is 21.6 Å². The molecule has 0 unspecified atom stereocenters. The van der Waals surface area contributed by atoms with Crippen molar-refractivity contribution in [3.63, 3.8) is 0 Å². The van der Waals surface area contributed by atoms with E-state index >= 15 is 0 Å². The van der Waals surface area contributed by atoms with Crippen LogP contribution < -0.4 is 10.6 Å². The fourth-order valence-electron chi connectivity index (χ4n) is 2.36. The molecule has 0 bridgehead atoms. The summed E-state index contributed by atoms with van der Waals surface area (Å²) >= 11 is 0. The maximum absolute atomic E-state index is 12.9. The summed E-state index contributed by atoms with van der Waals surface area (Å²) in [5, 5.41) is 5.91.